The summed E-state index contributed by atoms with van der Waals surface area (Å²) in [5.41, 5.74) is 1.01. The molecule has 0 atom stereocenters. The van der Waals surface area contributed by atoms with E-state index in [4.69, 9.17) is 9.47 Å². The van der Waals surface area contributed by atoms with Gasteiger partial charge in [-0.15, -0.1) is 20.4 Å². The van der Waals surface area contributed by atoms with Gasteiger partial charge in [0.2, 0.25) is 23.5 Å². The standard InChI is InChI=1S/C17H23N11O4/c1-12(29)25(7-9-31-3)27-21-16(19-23-27)14-5-6-15(18-11-14)17-20-24-28(22-17)26(13(2)30)8-10-32-4/h5-6,11H,7-10H2,1-4H3. The van der Waals surface area contributed by atoms with Crippen LogP contribution in [0.3, 0.4) is 0 Å². The second-order valence-electron chi connectivity index (χ2n) is 6.46. The summed E-state index contributed by atoms with van der Waals surface area (Å²) < 4.78 is 10.00. The molecular weight excluding hydrogens is 422 g/mol. The van der Waals surface area contributed by atoms with Gasteiger partial charge in [0, 0.05) is 39.8 Å². The Balaban J connectivity index is 1.76. The molecule has 15 heteroatoms. The lowest BCUT2D eigenvalue weighted by Crippen LogP contribution is -2.42. The zero-order valence-corrected chi connectivity index (χ0v) is 18.1. The number of pyridine rings is 1. The molecule has 3 aromatic rings. The van der Waals surface area contributed by atoms with Crippen LogP contribution in [0.1, 0.15) is 13.8 Å². The number of hydrogen-bond acceptors (Lipinski definition) is 11. The van der Waals surface area contributed by atoms with Crippen molar-refractivity contribution < 1.29 is 19.1 Å². The largest absolute Gasteiger partial charge is 0.383 e. The molecule has 0 unspecified atom stereocenters. The second-order valence-corrected chi connectivity index (χ2v) is 6.46. The summed E-state index contributed by atoms with van der Waals surface area (Å²) in [6.07, 6.45) is 1.53. The molecule has 3 heterocycles. The summed E-state index contributed by atoms with van der Waals surface area (Å²) in [4.78, 5) is 30.2. The molecule has 0 fully saturated rings. The third-order valence-corrected chi connectivity index (χ3v) is 4.23. The number of carbonyl (C=O) groups excluding carboxylic acids is 2. The van der Waals surface area contributed by atoms with E-state index in [2.05, 4.69) is 35.8 Å². The zero-order chi connectivity index (χ0) is 23.1. The third kappa shape index (κ3) is 5.25. The molecule has 0 aromatic carbocycles. The van der Waals surface area contributed by atoms with Gasteiger partial charge < -0.3 is 9.47 Å². The molecule has 2 amide bonds. The van der Waals surface area contributed by atoms with Crippen LogP contribution >= 0.6 is 0 Å². The van der Waals surface area contributed by atoms with E-state index in [-0.39, 0.29) is 36.6 Å². The van der Waals surface area contributed by atoms with Crippen molar-refractivity contribution in [1.29, 1.82) is 0 Å². The van der Waals surface area contributed by atoms with Crippen LogP contribution in [0.15, 0.2) is 18.3 Å². The topological polar surface area (TPSA) is 159 Å². The van der Waals surface area contributed by atoms with Crippen LogP contribution in [-0.4, -0.2) is 98.0 Å². The maximum absolute atomic E-state index is 11.8. The number of nitrogens with zero attached hydrogens (tertiary/aromatic N) is 11. The van der Waals surface area contributed by atoms with Gasteiger partial charge in [0.15, 0.2) is 0 Å². The minimum Gasteiger partial charge on any atom is -0.383 e. The average Bonchev–Trinajstić information content (AvgIpc) is 3.45. The van der Waals surface area contributed by atoms with Gasteiger partial charge in [-0.2, -0.15) is 0 Å². The molecule has 0 spiro atoms. The van der Waals surface area contributed by atoms with E-state index in [1.807, 2.05) is 0 Å². The minimum atomic E-state index is -0.256. The van der Waals surface area contributed by atoms with Crippen molar-refractivity contribution in [3.05, 3.63) is 18.3 Å². The van der Waals surface area contributed by atoms with E-state index >= 15 is 0 Å². The number of rotatable bonds is 10. The molecule has 3 rings (SSSR count). The smallest absolute Gasteiger partial charge is 0.240 e. The van der Waals surface area contributed by atoms with Crippen LogP contribution in [0, 0.1) is 0 Å². The first-order chi connectivity index (χ1) is 15.4. The number of amides is 2. The summed E-state index contributed by atoms with van der Waals surface area (Å²) in [5.74, 6) is 0.0121. The first kappa shape index (κ1) is 22.8. The highest BCUT2D eigenvalue weighted by molar-refractivity contribution is 5.83. The quantitative estimate of drug-likeness (QED) is 0.363. The number of hydrogen-bond donors (Lipinski definition) is 0. The van der Waals surface area contributed by atoms with Crippen LogP contribution in [0.2, 0.25) is 0 Å². The van der Waals surface area contributed by atoms with Crippen LogP contribution in [0.5, 0.6) is 0 Å². The van der Waals surface area contributed by atoms with Crippen molar-refractivity contribution in [3.8, 4) is 22.9 Å². The van der Waals surface area contributed by atoms with Gasteiger partial charge in [0.25, 0.3) is 0 Å². The highest BCUT2D eigenvalue weighted by Crippen LogP contribution is 2.16. The van der Waals surface area contributed by atoms with Gasteiger partial charge in [-0.1, -0.05) is 9.81 Å². The van der Waals surface area contributed by atoms with Gasteiger partial charge in [-0.3, -0.25) is 14.6 Å². The van der Waals surface area contributed by atoms with E-state index in [0.717, 1.165) is 9.81 Å². The maximum atomic E-state index is 11.8. The average molecular weight is 445 g/mol. The van der Waals surface area contributed by atoms with Crippen molar-refractivity contribution in [2.45, 2.75) is 13.8 Å². The fraction of sp³-hybridized carbons (Fsp3) is 0.471. The fourth-order valence-corrected chi connectivity index (χ4v) is 2.60. The van der Waals surface area contributed by atoms with Crippen LogP contribution in [0.4, 0.5) is 0 Å². The van der Waals surface area contributed by atoms with Crippen molar-refractivity contribution in [1.82, 2.24) is 45.6 Å². The molecule has 0 saturated heterocycles. The Labute approximate surface area is 182 Å². The first-order valence-corrected chi connectivity index (χ1v) is 9.56. The zero-order valence-electron chi connectivity index (χ0n) is 18.1. The SMILES string of the molecule is COCCN(C(C)=O)n1nnc(-c2ccc(-c3nnn(N(CCOC)C(C)=O)n3)nc2)n1. The second kappa shape index (κ2) is 10.5. The summed E-state index contributed by atoms with van der Waals surface area (Å²) in [6, 6.07) is 3.38. The van der Waals surface area contributed by atoms with Crippen molar-refractivity contribution >= 4 is 11.8 Å². The lowest BCUT2D eigenvalue weighted by Gasteiger charge is -2.17. The van der Waals surface area contributed by atoms with Crippen molar-refractivity contribution in [3.63, 3.8) is 0 Å². The third-order valence-electron chi connectivity index (χ3n) is 4.23. The van der Waals surface area contributed by atoms with Crippen LogP contribution in [0.25, 0.3) is 22.9 Å². The van der Waals surface area contributed by atoms with E-state index in [1.165, 1.54) is 44.3 Å². The lowest BCUT2D eigenvalue weighted by atomic mass is 10.2. The summed E-state index contributed by atoms with van der Waals surface area (Å²) in [5, 5.41) is 26.8. The molecule has 170 valence electrons. The number of aromatic nitrogens is 9. The predicted octanol–water partition coefficient (Wildman–Crippen LogP) is -1.35. The number of ether oxygens (including phenoxy) is 2. The van der Waals surface area contributed by atoms with Gasteiger partial charge in [-0.05, 0) is 22.6 Å². The van der Waals surface area contributed by atoms with Crippen molar-refractivity contribution in [2.24, 2.45) is 0 Å². The number of carbonyl (C=O) groups is 2. The number of methoxy groups -OCH3 is 2. The van der Waals surface area contributed by atoms with Crippen LogP contribution in [-0.2, 0) is 19.1 Å². The molecule has 0 N–H and O–H groups in total. The molecular formula is C17H23N11O4. The Morgan fingerprint density at radius 3 is 1.88 bits per heavy atom. The Kier molecular flexibility index (Phi) is 7.45. The summed E-state index contributed by atoms with van der Waals surface area (Å²) >= 11 is 0. The Bertz CT molecular complexity index is 966. The fourth-order valence-electron chi connectivity index (χ4n) is 2.60. The maximum Gasteiger partial charge on any atom is 0.240 e. The van der Waals surface area contributed by atoms with Gasteiger partial charge in [0.05, 0.1) is 26.3 Å². The monoisotopic (exact) mass is 445 g/mol. The molecule has 0 bridgehead atoms. The van der Waals surface area contributed by atoms with Gasteiger partial charge in [-0.25, -0.2) is 10.0 Å². The summed E-state index contributed by atoms with van der Waals surface area (Å²) in [7, 11) is 3.07. The molecule has 0 aliphatic carbocycles. The predicted molar refractivity (Wildman–Crippen MR) is 109 cm³/mol. The van der Waals surface area contributed by atoms with E-state index in [1.54, 1.807) is 12.1 Å². The van der Waals surface area contributed by atoms with Gasteiger partial charge in [0.1, 0.15) is 5.69 Å². The minimum absolute atomic E-state index is 0.235. The molecule has 3 aromatic heterocycles. The van der Waals surface area contributed by atoms with E-state index in [0.29, 0.717) is 24.5 Å². The molecule has 0 saturated carbocycles. The normalized spacial score (nSPS) is 10.9. The molecule has 15 nitrogen and oxygen atoms in total. The Morgan fingerprint density at radius 1 is 0.875 bits per heavy atom. The lowest BCUT2D eigenvalue weighted by molar-refractivity contribution is -0.119. The van der Waals surface area contributed by atoms with E-state index in [9.17, 15) is 9.59 Å². The molecule has 32 heavy (non-hydrogen) atoms. The molecule has 0 aliphatic heterocycles. The molecule has 0 radical (unpaired) electrons. The van der Waals surface area contributed by atoms with Crippen molar-refractivity contribution in [2.75, 3.05) is 50.5 Å². The Morgan fingerprint density at radius 2 is 1.41 bits per heavy atom. The Hall–Kier alpha value is -3.85. The van der Waals surface area contributed by atoms with Crippen LogP contribution < -0.4 is 10.0 Å². The highest BCUT2D eigenvalue weighted by atomic mass is 16.5. The molecule has 0 aliphatic rings. The highest BCUT2D eigenvalue weighted by Gasteiger charge is 2.18. The number of tetrazole rings is 2. The summed E-state index contributed by atoms with van der Waals surface area (Å²) in [6.45, 7) is 4.00. The van der Waals surface area contributed by atoms with E-state index < -0.39 is 0 Å². The first-order valence-electron chi connectivity index (χ1n) is 9.56. The van der Waals surface area contributed by atoms with Gasteiger partial charge >= 0.3 is 0 Å².